The standard InChI is InChI=1S/C17H22N2O5S/c1-11(20)5-6-12-7-9-13(10-8-12)15(21)18-14(16(22)19-23)17(2,3)25(4)24/h7-11,14,20,23H,1-4H3,(H,18,21)(H,19,22)/t11?,14-,25?/m1/s1. The summed E-state index contributed by atoms with van der Waals surface area (Å²) in [7, 11) is 0. The lowest BCUT2D eigenvalue weighted by molar-refractivity contribution is -0.131. The lowest BCUT2D eigenvalue weighted by atomic mass is 10.0. The van der Waals surface area contributed by atoms with E-state index in [4.69, 9.17) is 10.3 Å². The molecule has 1 aromatic rings. The molecule has 25 heavy (non-hydrogen) atoms. The summed E-state index contributed by atoms with van der Waals surface area (Å²) >= 11 is -1.44. The number of aliphatic hydroxyl groups excluding tert-OH is 1. The Hall–Kier alpha value is -2.05. The van der Waals surface area contributed by atoms with Crippen molar-refractivity contribution < 1.29 is 24.5 Å². The van der Waals surface area contributed by atoms with Gasteiger partial charge < -0.3 is 15.0 Å². The maximum Gasteiger partial charge on any atom is 0.271 e. The summed E-state index contributed by atoms with van der Waals surface area (Å²) in [5.74, 6) is 3.93. The third kappa shape index (κ3) is 5.76. The highest BCUT2D eigenvalue weighted by atomic mass is 32.2. The van der Waals surface area contributed by atoms with Crippen molar-refractivity contribution in [3.8, 4) is 11.8 Å². The van der Waals surface area contributed by atoms with E-state index in [1.54, 1.807) is 32.9 Å². The van der Waals surface area contributed by atoms with E-state index in [9.17, 15) is 14.1 Å². The average molecular weight is 366 g/mol. The first kappa shape index (κ1) is 21.0. The molecule has 0 aliphatic heterocycles. The summed E-state index contributed by atoms with van der Waals surface area (Å²) in [4.78, 5) is 24.3. The fourth-order valence-electron chi connectivity index (χ4n) is 1.89. The molecule has 7 nitrogen and oxygen atoms in total. The van der Waals surface area contributed by atoms with Crippen LogP contribution in [0.4, 0.5) is 0 Å². The highest BCUT2D eigenvalue weighted by Crippen LogP contribution is 2.21. The third-order valence-electron chi connectivity index (χ3n) is 3.66. The molecule has 4 N–H and O–H groups in total. The Labute approximate surface area is 150 Å². The van der Waals surface area contributed by atoms with Gasteiger partial charge in [-0.1, -0.05) is 11.8 Å². The van der Waals surface area contributed by atoms with Gasteiger partial charge in [-0.25, -0.2) is 5.48 Å². The van der Waals surface area contributed by atoms with Gasteiger partial charge in [0, 0.05) is 11.1 Å². The monoisotopic (exact) mass is 366 g/mol. The van der Waals surface area contributed by atoms with Crippen molar-refractivity contribution in [2.75, 3.05) is 6.26 Å². The van der Waals surface area contributed by atoms with Crippen LogP contribution in [-0.4, -0.2) is 49.8 Å². The normalized spacial score (nSPS) is 14.5. The lowest BCUT2D eigenvalue weighted by Gasteiger charge is -2.33. The van der Waals surface area contributed by atoms with Crippen molar-refractivity contribution in [2.24, 2.45) is 0 Å². The Kier molecular flexibility index (Phi) is 7.45. The molecular weight excluding hydrogens is 344 g/mol. The van der Waals surface area contributed by atoms with Gasteiger partial charge in [-0.05, 0) is 56.2 Å². The van der Waals surface area contributed by atoms with Crippen LogP contribution in [0.3, 0.4) is 0 Å². The molecule has 0 spiro atoms. The van der Waals surface area contributed by atoms with Gasteiger partial charge >= 0.3 is 0 Å². The zero-order chi connectivity index (χ0) is 19.2. The zero-order valence-electron chi connectivity index (χ0n) is 14.5. The minimum Gasteiger partial charge on any atom is -0.616 e. The number of amides is 2. The number of benzene rings is 1. The number of rotatable bonds is 5. The van der Waals surface area contributed by atoms with Gasteiger partial charge in [0.25, 0.3) is 11.8 Å². The van der Waals surface area contributed by atoms with E-state index < -0.39 is 39.9 Å². The van der Waals surface area contributed by atoms with Gasteiger partial charge in [-0.15, -0.1) is 0 Å². The summed E-state index contributed by atoms with van der Waals surface area (Å²) < 4.78 is 10.8. The highest BCUT2D eigenvalue weighted by molar-refractivity contribution is 7.92. The average Bonchev–Trinajstić information content (AvgIpc) is 2.57. The van der Waals surface area contributed by atoms with Crippen LogP contribution in [0.15, 0.2) is 24.3 Å². The van der Waals surface area contributed by atoms with Gasteiger partial charge in [-0.3, -0.25) is 14.8 Å². The minimum absolute atomic E-state index is 0.274. The molecule has 136 valence electrons. The smallest absolute Gasteiger partial charge is 0.271 e. The number of carbonyl (C=O) groups excluding carboxylic acids is 2. The van der Waals surface area contributed by atoms with E-state index in [-0.39, 0.29) is 5.56 Å². The van der Waals surface area contributed by atoms with Crippen LogP contribution in [0, 0.1) is 11.8 Å². The topological polar surface area (TPSA) is 122 Å². The van der Waals surface area contributed by atoms with E-state index >= 15 is 0 Å². The molecule has 0 saturated heterocycles. The molecule has 0 aliphatic rings. The lowest BCUT2D eigenvalue weighted by Crippen LogP contribution is -2.60. The molecule has 0 fully saturated rings. The van der Waals surface area contributed by atoms with E-state index in [1.807, 2.05) is 0 Å². The second-order valence-corrected chi connectivity index (χ2v) is 7.92. The predicted molar refractivity (Wildman–Crippen MR) is 94.3 cm³/mol. The van der Waals surface area contributed by atoms with Crippen molar-refractivity contribution in [1.29, 1.82) is 0 Å². The van der Waals surface area contributed by atoms with Crippen LogP contribution in [0.5, 0.6) is 0 Å². The molecule has 0 heterocycles. The van der Waals surface area contributed by atoms with Gasteiger partial charge in [-0.2, -0.15) is 0 Å². The Bertz CT molecular complexity index is 675. The Balaban J connectivity index is 2.98. The second kappa shape index (κ2) is 8.87. The maximum atomic E-state index is 12.4. The predicted octanol–water partition coefficient (Wildman–Crippen LogP) is 0.180. The van der Waals surface area contributed by atoms with E-state index in [2.05, 4.69) is 17.2 Å². The van der Waals surface area contributed by atoms with Crippen LogP contribution in [0.2, 0.25) is 0 Å². The number of carbonyl (C=O) groups is 2. The Morgan fingerprint density at radius 1 is 1.28 bits per heavy atom. The Morgan fingerprint density at radius 2 is 1.84 bits per heavy atom. The number of hydrogen-bond donors (Lipinski definition) is 4. The zero-order valence-corrected chi connectivity index (χ0v) is 15.3. The number of aliphatic hydroxyl groups is 1. The number of nitrogens with one attached hydrogen (secondary N) is 2. The molecule has 1 aromatic carbocycles. The largest absolute Gasteiger partial charge is 0.616 e. The van der Waals surface area contributed by atoms with Crippen LogP contribution < -0.4 is 10.8 Å². The van der Waals surface area contributed by atoms with Crippen molar-refractivity contribution in [3.05, 3.63) is 35.4 Å². The Morgan fingerprint density at radius 3 is 2.28 bits per heavy atom. The SMILES string of the molecule is CC(O)C#Cc1ccc(C(=O)N[C@H](C(=O)NO)C(C)(C)[S+](C)[O-])cc1. The van der Waals surface area contributed by atoms with Crippen LogP contribution >= 0.6 is 0 Å². The molecule has 3 atom stereocenters. The first-order chi connectivity index (χ1) is 11.6. The first-order valence-corrected chi connectivity index (χ1v) is 9.03. The maximum absolute atomic E-state index is 12.4. The summed E-state index contributed by atoms with van der Waals surface area (Å²) in [5, 5.41) is 20.5. The van der Waals surface area contributed by atoms with Gasteiger partial charge in [0.05, 0.1) is 6.26 Å². The van der Waals surface area contributed by atoms with Crippen molar-refractivity contribution in [3.63, 3.8) is 0 Å². The molecule has 0 radical (unpaired) electrons. The molecule has 2 amide bonds. The van der Waals surface area contributed by atoms with E-state index in [0.717, 1.165) is 0 Å². The second-order valence-electron chi connectivity index (χ2n) is 5.96. The van der Waals surface area contributed by atoms with Crippen LogP contribution in [0.1, 0.15) is 36.7 Å². The third-order valence-corrected chi connectivity index (χ3v) is 5.37. The summed E-state index contributed by atoms with van der Waals surface area (Å²) in [6.45, 7) is 4.65. The van der Waals surface area contributed by atoms with Crippen molar-refractivity contribution in [1.82, 2.24) is 10.8 Å². The number of hydroxylamine groups is 1. The molecule has 2 unspecified atom stereocenters. The van der Waals surface area contributed by atoms with Crippen molar-refractivity contribution in [2.45, 2.75) is 37.7 Å². The fourth-order valence-corrected chi connectivity index (χ4v) is 2.39. The minimum atomic E-state index is -1.44. The van der Waals surface area contributed by atoms with Gasteiger partial charge in [0.15, 0.2) is 6.04 Å². The van der Waals surface area contributed by atoms with E-state index in [1.165, 1.54) is 23.9 Å². The molecule has 1 rings (SSSR count). The fraction of sp³-hybridized carbons (Fsp3) is 0.412. The molecule has 0 aliphatic carbocycles. The molecule has 0 bridgehead atoms. The molecule has 8 heteroatoms. The summed E-state index contributed by atoms with van der Waals surface area (Å²) in [6, 6.07) is 5.06. The summed E-state index contributed by atoms with van der Waals surface area (Å²) in [5.41, 5.74) is 2.39. The quantitative estimate of drug-likeness (QED) is 0.256. The molecule has 0 saturated carbocycles. The molecular formula is C17H22N2O5S. The molecule has 0 aromatic heterocycles. The van der Waals surface area contributed by atoms with Crippen molar-refractivity contribution >= 4 is 23.0 Å². The van der Waals surface area contributed by atoms with Crippen LogP contribution in [-0.2, 0) is 16.0 Å². The van der Waals surface area contributed by atoms with Crippen LogP contribution in [0.25, 0.3) is 0 Å². The summed E-state index contributed by atoms with van der Waals surface area (Å²) in [6.07, 6.45) is 0.664. The first-order valence-electron chi connectivity index (χ1n) is 7.47. The van der Waals surface area contributed by atoms with E-state index in [0.29, 0.717) is 5.56 Å². The highest BCUT2D eigenvalue weighted by Gasteiger charge is 2.44. The van der Waals surface area contributed by atoms with Gasteiger partial charge in [0.2, 0.25) is 0 Å². The number of hydrogen-bond acceptors (Lipinski definition) is 5. The van der Waals surface area contributed by atoms with Gasteiger partial charge in [0.1, 0.15) is 10.9 Å².